The Morgan fingerprint density at radius 2 is 2.10 bits per heavy atom. The number of nitrogens with zero attached hydrogens (tertiary/aromatic N) is 3. The lowest BCUT2D eigenvalue weighted by Gasteiger charge is -2.09. The van der Waals surface area contributed by atoms with E-state index in [1.54, 1.807) is 0 Å². The highest BCUT2D eigenvalue weighted by molar-refractivity contribution is 5.55. The summed E-state index contributed by atoms with van der Waals surface area (Å²) >= 11 is 0. The second kappa shape index (κ2) is 5.40. The Balaban J connectivity index is 2.32. The number of anilines is 1. The molecule has 3 N–H and O–H groups in total. The molecule has 1 aromatic heterocycles. The number of nitro groups is 1. The van der Waals surface area contributed by atoms with Crippen LogP contribution in [0.2, 0.25) is 0 Å². The van der Waals surface area contributed by atoms with E-state index >= 15 is 0 Å². The average molecular weight is 301 g/mol. The monoisotopic (exact) mass is 301 g/mol. The molecule has 2 rings (SSSR count). The molecule has 0 saturated heterocycles. The van der Waals surface area contributed by atoms with Crippen LogP contribution in [0, 0.1) is 10.1 Å². The lowest BCUT2D eigenvalue weighted by Crippen LogP contribution is -2.12. The summed E-state index contributed by atoms with van der Waals surface area (Å²) in [5.74, 6) is 5.28. The van der Waals surface area contributed by atoms with Crippen molar-refractivity contribution in [2.24, 2.45) is 5.84 Å². The number of rotatable bonds is 4. The van der Waals surface area contributed by atoms with Crippen molar-refractivity contribution in [1.29, 1.82) is 0 Å². The van der Waals surface area contributed by atoms with Gasteiger partial charge in [0.25, 0.3) is 5.69 Å². The number of aromatic nitrogens is 2. The van der Waals surface area contributed by atoms with Gasteiger partial charge >= 0.3 is 6.18 Å². The number of halogens is 3. The number of nitrogen functional groups attached to an aromatic ring is 1. The van der Waals surface area contributed by atoms with Gasteiger partial charge in [0, 0.05) is 23.9 Å². The topological polar surface area (TPSA) is 99.0 Å². The molecule has 0 aliphatic carbocycles. The second-order valence-electron chi connectivity index (χ2n) is 4.14. The Labute approximate surface area is 116 Å². The molecule has 10 heteroatoms. The van der Waals surface area contributed by atoms with E-state index in [1.165, 1.54) is 18.2 Å². The highest BCUT2D eigenvalue weighted by atomic mass is 19.4. The molecule has 0 aliphatic rings. The van der Waals surface area contributed by atoms with Crippen molar-refractivity contribution < 1.29 is 18.1 Å². The van der Waals surface area contributed by atoms with Crippen LogP contribution >= 0.6 is 0 Å². The minimum atomic E-state index is -4.54. The van der Waals surface area contributed by atoms with Crippen LogP contribution in [0.3, 0.4) is 0 Å². The molecular weight excluding hydrogens is 291 g/mol. The molecule has 21 heavy (non-hydrogen) atoms. The van der Waals surface area contributed by atoms with E-state index in [2.05, 4.69) is 10.5 Å². The third-order valence-corrected chi connectivity index (χ3v) is 2.72. The van der Waals surface area contributed by atoms with Gasteiger partial charge in [-0.1, -0.05) is 0 Å². The Bertz CT molecular complexity index is 668. The number of non-ortho nitro benzene ring substituents is 1. The summed E-state index contributed by atoms with van der Waals surface area (Å²) in [4.78, 5) is 10.1. The van der Waals surface area contributed by atoms with Gasteiger partial charge in [-0.25, -0.2) is 0 Å². The van der Waals surface area contributed by atoms with E-state index in [4.69, 9.17) is 5.84 Å². The van der Waals surface area contributed by atoms with Gasteiger partial charge in [0.2, 0.25) is 0 Å². The van der Waals surface area contributed by atoms with E-state index in [0.717, 1.165) is 16.9 Å². The average Bonchev–Trinajstić information content (AvgIpc) is 2.87. The lowest BCUT2D eigenvalue weighted by atomic mass is 10.1. The minimum absolute atomic E-state index is 0.0860. The maximum Gasteiger partial charge on any atom is 0.435 e. The number of hydrogen-bond donors (Lipinski definition) is 2. The maximum absolute atomic E-state index is 12.5. The molecule has 1 aromatic carbocycles. The van der Waals surface area contributed by atoms with Crippen LogP contribution < -0.4 is 11.3 Å². The summed E-state index contributed by atoms with van der Waals surface area (Å²) in [7, 11) is 0. The van der Waals surface area contributed by atoms with Gasteiger partial charge in [-0.3, -0.25) is 20.6 Å². The number of hydrazine groups is 1. The molecule has 112 valence electrons. The first-order chi connectivity index (χ1) is 9.81. The van der Waals surface area contributed by atoms with Crippen LogP contribution in [0.4, 0.5) is 24.5 Å². The molecule has 0 fully saturated rings. The third kappa shape index (κ3) is 3.28. The number of nitrogens with one attached hydrogen (secondary N) is 1. The van der Waals surface area contributed by atoms with E-state index in [-0.39, 0.29) is 12.2 Å². The first-order valence-electron chi connectivity index (χ1n) is 5.66. The number of benzene rings is 1. The highest BCUT2D eigenvalue weighted by Gasteiger charge is 2.33. The van der Waals surface area contributed by atoms with Gasteiger partial charge in [0.15, 0.2) is 5.69 Å². The lowest BCUT2D eigenvalue weighted by molar-refractivity contribution is -0.384. The quantitative estimate of drug-likeness (QED) is 0.512. The first kappa shape index (κ1) is 14.8. The summed E-state index contributed by atoms with van der Waals surface area (Å²) in [5.41, 5.74) is 1.83. The number of hydrogen-bond acceptors (Lipinski definition) is 5. The SMILES string of the molecule is NNc1ccc([N+](=O)[O-])cc1Cn1ccc(C(F)(F)F)n1. The molecule has 0 unspecified atom stereocenters. The van der Waals surface area contributed by atoms with Crippen LogP contribution in [-0.4, -0.2) is 14.7 Å². The standard InChI is InChI=1S/C11H10F3N5O2/c12-11(13,14)10-3-4-18(17-10)6-7-5-8(19(20)21)1-2-9(7)16-15/h1-5,16H,6,15H2. The van der Waals surface area contributed by atoms with Crippen LogP contribution in [0.25, 0.3) is 0 Å². The number of nitrogens with two attached hydrogens (primary N) is 1. The van der Waals surface area contributed by atoms with E-state index in [9.17, 15) is 23.3 Å². The van der Waals surface area contributed by atoms with Crippen LogP contribution in [0.1, 0.15) is 11.3 Å². The summed E-state index contributed by atoms with van der Waals surface area (Å²) in [5, 5.41) is 14.1. The molecule has 0 saturated carbocycles. The summed E-state index contributed by atoms with van der Waals surface area (Å²) in [6.45, 7) is -0.0860. The zero-order valence-corrected chi connectivity index (χ0v) is 10.5. The Morgan fingerprint density at radius 1 is 1.38 bits per heavy atom. The molecule has 2 aromatic rings. The number of alkyl halides is 3. The predicted molar refractivity (Wildman–Crippen MR) is 67.2 cm³/mol. The van der Waals surface area contributed by atoms with Crippen LogP contribution in [0.15, 0.2) is 30.5 Å². The molecule has 0 aliphatic heterocycles. The van der Waals surface area contributed by atoms with Gasteiger partial charge in [-0.2, -0.15) is 18.3 Å². The zero-order chi connectivity index (χ0) is 15.6. The molecular formula is C11H10F3N5O2. The van der Waals surface area contributed by atoms with Gasteiger partial charge in [0.1, 0.15) is 0 Å². The molecule has 0 bridgehead atoms. The maximum atomic E-state index is 12.5. The van der Waals surface area contributed by atoms with Crippen molar-refractivity contribution in [2.75, 3.05) is 5.43 Å². The van der Waals surface area contributed by atoms with Crippen LogP contribution in [-0.2, 0) is 12.7 Å². The first-order valence-corrected chi connectivity index (χ1v) is 5.66. The van der Waals surface area contributed by atoms with E-state index < -0.39 is 16.8 Å². The Morgan fingerprint density at radius 3 is 2.62 bits per heavy atom. The second-order valence-corrected chi connectivity index (χ2v) is 4.14. The van der Waals surface area contributed by atoms with Gasteiger partial charge < -0.3 is 5.43 Å². The summed E-state index contributed by atoms with van der Waals surface area (Å²) in [6, 6.07) is 4.67. The fraction of sp³-hybridized carbons (Fsp3) is 0.182. The summed E-state index contributed by atoms with van der Waals surface area (Å²) < 4.78 is 38.4. The Kier molecular flexibility index (Phi) is 3.80. The van der Waals surface area contributed by atoms with Crippen molar-refractivity contribution >= 4 is 11.4 Å². The molecule has 0 spiro atoms. The smallest absolute Gasteiger partial charge is 0.324 e. The van der Waals surface area contributed by atoms with Gasteiger partial charge in [-0.15, -0.1) is 0 Å². The molecule has 7 nitrogen and oxygen atoms in total. The zero-order valence-electron chi connectivity index (χ0n) is 10.5. The van der Waals surface area contributed by atoms with Crippen LogP contribution in [0.5, 0.6) is 0 Å². The normalized spacial score (nSPS) is 11.4. The highest BCUT2D eigenvalue weighted by Crippen LogP contribution is 2.28. The number of nitro benzene ring substituents is 1. The van der Waals surface area contributed by atoms with E-state index in [1.807, 2.05) is 0 Å². The van der Waals surface area contributed by atoms with E-state index in [0.29, 0.717) is 11.3 Å². The fourth-order valence-electron chi connectivity index (χ4n) is 1.74. The predicted octanol–water partition coefficient (Wildman–Crippen LogP) is 2.14. The van der Waals surface area contributed by atoms with Crippen molar-refractivity contribution in [3.8, 4) is 0 Å². The van der Waals surface area contributed by atoms with Crippen molar-refractivity contribution in [3.05, 3.63) is 51.8 Å². The molecule has 0 amide bonds. The van der Waals surface area contributed by atoms with Crippen molar-refractivity contribution in [1.82, 2.24) is 9.78 Å². The molecule has 0 radical (unpaired) electrons. The van der Waals surface area contributed by atoms with Gasteiger partial charge in [0.05, 0.1) is 17.2 Å². The van der Waals surface area contributed by atoms with Crippen molar-refractivity contribution in [2.45, 2.75) is 12.7 Å². The largest absolute Gasteiger partial charge is 0.435 e. The molecule has 0 atom stereocenters. The minimum Gasteiger partial charge on any atom is -0.324 e. The molecule has 1 heterocycles. The fourth-order valence-corrected chi connectivity index (χ4v) is 1.74. The third-order valence-electron chi connectivity index (χ3n) is 2.72. The Hall–Kier alpha value is -2.62. The van der Waals surface area contributed by atoms with Gasteiger partial charge in [-0.05, 0) is 12.1 Å². The van der Waals surface area contributed by atoms with Crippen molar-refractivity contribution in [3.63, 3.8) is 0 Å². The summed E-state index contributed by atoms with van der Waals surface area (Å²) in [6.07, 6.45) is -3.40.